The van der Waals surface area contributed by atoms with Gasteiger partial charge >= 0.3 is 0 Å². The van der Waals surface area contributed by atoms with E-state index in [0.717, 1.165) is 5.00 Å². The SMILES string of the molecule is C=CCNC(=O)c1sc(N2CCOCC2)c(C#N)c1N. The summed E-state index contributed by atoms with van der Waals surface area (Å²) in [6.07, 6.45) is 1.59. The van der Waals surface area contributed by atoms with E-state index < -0.39 is 0 Å². The highest BCUT2D eigenvalue weighted by atomic mass is 32.1. The van der Waals surface area contributed by atoms with Crippen LogP contribution in [0, 0.1) is 11.3 Å². The van der Waals surface area contributed by atoms with Crippen LogP contribution in [0.15, 0.2) is 12.7 Å². The summed E-state index contributed by atoms with van der Waals surface area (Å²) < 4.78 is 5.29. The molecule has 1 saturated heterocycles. The maximum atomic E-state index is 12.0. The molecule has 6 nitrogen and oxygen atoms in total. The van der Waals surface area contributed by atoms with E-state index in [1.54, 1.807) is 6.08 Å². The first-order valence-electron chi connectivity index (χ1n) is 6.23. The van der Waals surface area contributed by atoms with Gasteiger partial charge in [-0.15, -0.1) is 17.9 Å². The van der Waals surface area contributed by atoms with E-state index in [-0.39, 0.29) is 11.6 Å². The summed E-state index contributed by atoms with van der Waals surface area (Å²) in [5.41, 5.74) is 6.56. The number of nitrogens with one attached hydrogen (secondary N) is 1. The zero-order valence-corrected chi connectivity index (χ0v) is 11.8. The number of anilines is 2. The highest BCUT2D eigenvalue weighted by Crippen LogP contribution is 2.38. The average Bonchev–Trinajstić information content (AvgIpc) is 2.82. The van der Waals surface area contributed by atoms with Gasteiger partial charge in [-0.05, 0) is 0 Å². The van der Waals surface area contributed by atoms with Crippen LogP contribution in [0.1, 0.15) is 15.2 Å². The molecule has 0 bridgehead atoms. The molecule has 3 N–H and O–H groups in total. The maximum absolute atomic E-state index is 12.0. The minimum absolute atomic E-state index is 0.251. The van der Waals surface area contributed by atoms with Crippen molar-refractivity contribution in [3.05, 3.63) is 23.1 Å². The molecule has 0 aliphatic carbocycles. The molecule has 1 amide bonds. The molecule has 106 valence electrons. The molecule has 1 aromatic rings. The molecule has 1 aliphatic heterocycles. The predicted octanol–water partition coefficient (Wildman–Crippen LogP) is 0.954. The smallest absolute Gasteiger partial charge is 0.263 e. The third-order valence-electron chi connectivity index (χ3n) is 2.95. The van der Waals surface area contributed by atoms with Crippen molar-refractivity contribution in [2.75, 3.05) is 43.5 Å². The van der Waals surface area contributed by atoms with Crippen molar-refractivity contribution in [1.29, 1.82) is 5.26 Å². The van der Waals surface area contributed by atoms with Crippen LogP contribution in [0.5, 0.6) is 0 Å². The number of amides is 1. The third-order valence-corrected chi connectivity index (χ3v) is 4.21. The topological polar surface area (TPSA) is 91.4 Å². The number of ether oxygens (including phenoxy) is 1. The Labute approximate surface area is 121 Å². The van der Waals surface area contributed by atoms with E-state index in [0.29, 0.717) is 43.3 Å². The van der Waals surface area contributed by atoms with Crippen LogP contribution in [-0.4, -0.2) is 38.8 Å². The first kappa shape index (κ1) is 14.4. The molecule has 0 spiro atoms. The van der Waals surface area contributed by atoms with Crippen molar-refractivity contribution in [2.45, 2.75) is 0 Å². The summed E-state index contributed by atoms with van der Waals surface area (Å²) >= 11 is 1.25. The van der Waals surface area contributed by atoms with Gasteiger partial charge in [0, 0.05) is 19.6 Å². The van der Waals surface area contributed by atoms with Crippen molar-refractivity contribution >= 4 is 27.9 Å². The molecule has 0 aromatic carbocycles. The van der Waals surface area contributed by atoms with Gasteiger partial charge in [0.25, 0.3) is 5.91 Å². The van der Waals surface area contributed by atoms with Gasteiger partial charge in [0.1, 0.15) is 21.5 Å². The van der Waals surface area contributed by atoms with E-state index in [1.165, 1.54) is 11.3 Å². The van der Waals surface area contributed by atoms with Crippen LogP contribution in [0.25, 0.3) is 0 Å². The van der Waals surface area contributed by atoms with Gasteiger partial charge in [0.2, 0.25) is 0 Å². The Hall–Kier alpha value is -2.04. The van der Waals surface area contributed by atoms with E-state index in [4.69, 9.17) is 10.5 Å². The van der Waals surface area contributed by atoms with Gasteiger partial charge in [0.15, 0.2) is 0 Å². The lowest BCUT2D eigenvalue weighted by Gasteiger charge is -2.27. The number of morpholine rings is 1. The average molecular weight is 292 g/mol. The summed E-state index contributed by atoms with van der Waals surface area (Å²) in [6, 6.07) is 2.10. The van der Waals surface area contributed by atoms with Crippen LogP contribution in [-0.2, 0) is 4.74 Å². The lowest BCUT2D eigenvalue weighted by molar-refractivity contribution is 0.0963. The van der Waals surface area contributed by atoms with Gasteiger partial charge in [-0.25, -0.2) is 0 Å². The number of nitrogens with zero attached hydrogens (tertiary/aromatic N) is 2. The van der Waals surface area contributed by atoms with Crippen molar-refractivity contribution in [1.82, 2.24) is 5.32 Å². The summed E-state index contributed by atoms with van der Waals surface area (Å²) in [6.45, 7) is 6.53. The number of nitrogen functional groups attached to an aromatic ring is 1. The Balaban J connectivity index is 2.31. The number of rotatable bonds is 4. The van der Waals surface area contributed by atoms with Crippen LogP contribution in [0.2, 0.25) is 0 Å². The fourth-order valence-electron chi connectivity index (χ4n) is 1.94. The number of nitrogens with two attached hydrogens (primary N) is 1. The molecule has 20 heavy (non-hydrogen) atoms. The largest absolute Gasteiger partial charge is 0.396 e. The summed E-state index contributed by atoms with van der Waals surface area (Å²) in [5.74, 6) is -0.275. The summed E-state index contributed by atoms with van der Waals surface area (Å²) in [7, 11) is 0. The Morgan fingerprint density at radius 3 is 2.90 bits per heavy atom. The zero-order chi connectivity index (χ0) is 14.5. The lowest BCUT2D eigenvalue weighted by atomic mass is 10.2. The molecule has 0 saturated carbocycles. The van der Waals surface area contributed by atoms with Crippen LogP contribution in [0.4, 0.5) is 10.7 Å². The molecule has 2 rings (SSSR count). The number of thiophene rings is 1. The quantitative estimate of drug-likeness (QED) is 0.806. The number of hydrogen-bond donors (Lipinski definition) is 2. The van der Waals surface area contributed by atoms with Crippen LogP contribution < -0.4 is 16.0 Å². The van der Waals surface area contributed by atoms with Crippen LogP contribution in [0.3, 0.4) is 0 Å². The molecule has 1 fully saturated rings. The highest BCUT2D eigenvalue weighted by Gasteiger charge is 2.25. The molecule has 0 unspecified atom stereocenters. The van der Waals surface area contributed by atoms with Gasteiger partial charge in [-0.1, -0.05) is 6.08 Å². The van der Waals surface area contributed by atoms with Gasteiger partial charge < -0.3 is 20.7 Å². The number of carbonyl (C=O) groups excluding carboxylic acids is 1. The van der Waals surface area contributed by atoms with Gasteiger partial charge in [0.05, 0.1) is 18.9 Å². The highest BCUT2D eigenvalue weighted by molar-refractivity contribution is 7.19. The number of carbonyl (C=O) groups is 1. The molecule has 2 heterocycles. The molecule has 1 aromatic heterocycles. The predicted molar refractivity (Wildman–Crippen MR) is 79.0 cm³/mol. The first-order valence-corrected chi connectivity index (χ1v) is 7.04. The normalized spacial score (nSPS) is 14.7. The van der Waals surface area contributed by atoms with Crippen molar-refractivity contribution in [3.63, 3.8) is 0 Å². The Kier molecular flexibility index (Phi) is 4.61. The minimum atomic E-state index is -0.275. The second-order valence-electron chi connectivity index (χ2n) is 4.23. The molecule has 1 aliphatic rings. The molecule has 0 atom stereocenters. The first-order chi connectivity index (χ1) is 9.69. The summed E-state index contributed by atoms with van der Waals surface area (Å²) in [4.78, 5) is 14.4. The van der Waals surface area contributed by atoms with E-state index in [9.17, 15) is 10.1 Å². The van der Waals surface area contributed by atoms with Gasteiger partial charge in [-0.2, -0.15) is 5.26 Å². The third kappa shape index (κ3) is 2.76. The monoisotopic (exact) mass is 292 g/mol. The van der Waals surface area contributed by atoms with Crippen molar-refractivity contribution < 1.29 is 9.53 Å². The Morgan fingerprint density at radius 2 is 2.30 bits per heavy atom. The summed E-state index contributed by atoms with van der Waals surface area (Å²) in [5, 5.41) is 12.7. The van der Waals surface area contributed by atoms with E-state index in [2.05, 4.69) is 18.0 Å². The fourth-order valence-corrected chi connectivity index (χ4v) is 3.08. The maximum Gasteiger partial charge on any atom is 0.263 e. The molecular formula is C13H16N4O2S. The zero-order valence-electron chi connectivity index (χ0n) is 11.0. The van der Waals surface area contributed by atoms with Crippen LogP contribution >= 0.6 is 11.3 Å². The second kappa shape index (κ2) is 6.41. The molecule has 7 heteroatoms. The second-order valence-corrected chi connectivity index (χ2v) is 5.23. The van der Waals surface area contributed by atoms with E-state index >= 15 is 0 Å². The molecule has 0 radical (unpaired) electrons. The number of hydrogen-bond acceptors (Lipinski definition) is 6. The number of nitriles is 1. The molecular weight excluding hydrogens is 276 g/mol. The minimum Gasteiger partial charge on any atom is -0.396 e. The Bertz CT molecular complexity index is 555. The van der Waals surface area contributed by atoms with Gasteiger partial charge in [-0.3, -0.25) is 4.79 Å². The Morgan fingerprint density at radius 1 is 1.60 bits per heavy atom. The lowest BCUT2D eigenvalue weighted by Crippen LogP contribution is -2.36. The van der Waals surface area contributed by atoms with Crippen molar-refractivity contribution in [3.8, 4) is 6.07 Å². The van der Waals surface area contributed by atoms with E-state index in [1.807, 2.05) is 4.90 Å². The van der Waals surface area contributed by atoms with Crippen molar-refractivity contribution in [2.24, 2.45) is 0 Å². The standard InChI is InChI=1S/C13H16N4O2S/c1-2-3-16-12(18)11-10(15)9(8-14)13(20-11)17-4-6-19-7-5-17/h2H,1,3-7,15H2,(H,16,18). The fraction of sp³-hybridized carbons (Fsp3) is 0.385.